The monoisotopic (exact) mass is 248 g/mol. The van der Waals surface area contributed by atoms with E-state index in [1.54, 1.807) is 17.4 Å². The number of primary amides is 1. The summed E-state index contributed by atoms with van der Waals surface area (Å²) in [6, 6.07) is 3.58. The molecule has 0 bridgehead atoms. The van der Waals surface area contributed by atoms with E-state index in [1.165, 1.54) is 6.20 Å². The Hall–Kier alpha value is -2.08. The van der Waals surface area contributed by atoms with Gasteiger partial charge in [0.25, 0.3) is 5.91 Å². The number of nitrogens with one attached hydrogen (secondary N) is 1. The molecule has 0 aliphatic rings. The fraction of sp³-hybridized carbons (Fsp3) is 0.0909. The minimum Gasteiger partial charge on any atom is -0.397 e. The molecule has 88 valence electrons. The lowest BCUT2D eigenvalue weighted by molar-refractivity contribution is 0.100. The smallest absolute Gasteiger partial charge is 0.250 e. The van der Waals surface area contributed by atoms with Gasteiger partial charge in [-0.2, -0.15) is 11.3 Å². The van der Waals surface area contributed by atoms with Gasteiger partial charge in [-0.05, 0) is 28.5 Å². The van der Waals surface area contributed by atoms with E-state index in [1.807, 2.05) is 16.8 Å². The largest absolute Gasteiger partial charge is 0.397 e. The van der Waals surface area contributed by atoms with Crippen molar-refractivity contribution in [3.8, 4) is 0 Å². The summed E-state index contributed by atoms with van der Waals surface area (Å²) >= 11 is 1.63. The summed E-state index contributed by atoms with van der Waals surface area (Å²) in [6.45, 7) is 0.651. The third kappa shape index (κ3) is 2.73. The lowest BCUT2D eigenvalue weighted by atomic mass is 10.2. The number of carbonyl (C=O) groups excluding carboxylic acids is 1. The van der Waals surface area contributed by atoms with Crippen LogP contribution in [0.2, 0.25) is 0 Å². The van der Waals surface area contributed by atoms with Gasteiger partial charge in [0.15, 0.2) is 0 Å². The average molecular weight is 248 g/mol. The third-order valence-electron chi connectivity index (χ3n) is 2.25. The molecule has 5 N–H and O–H groups in total. The first-order valence-electron chi connectivity index (χ1n) is 4.97. The second-order valence-electron chi connectivity index (χ2n) is 3.51. The van der Waals surface area contributed by atoms with Crippen LogP contribution in [0.3, 0.4) is 0 Å². The number of nitrogen functional groups attached to an aromatic ring is 1. The molecule has 2 heterocycles. The zero-order valence-electron chi connectivity index (χ0n) is 9.01. The molecular formula is C11H12N4OS. The van der Waals surface area contributed by atoms with Crippen molar-refractivity contribution in [3.63, 3.8) is 0 Å². The van der Waals surface area contributed by atoms with E-state index in [0.717, 1.165) is 5.56 Å². The summed E-state index contributed by atoms with van der Waals surface area (Å²) in [7, 11) is 0. The molecule has 0 spiro atoms. The Bertz CT molecular complexity index is 524. The van der Waals surface area contributed by atoms with Crippen LogP contribution in [0, 0.1) is 0 Å². The Morgan fingerprint density at radius 3 is 3.00 bits per heavy atom. The van der Waals surface area contributed by atoms with Crippen molar-refractivity contribution in [1.82, 2.24) is 4.98 Å². The summed E-state index contributed by atoms with van der Waals surface area (Å²) in [5.41, 5.74) is 12.5. The van der Waals surface area contributed by atoms with Gasteiger partial charge < -0.3 is 16.8 Å². The fourth-order valence-corrected chi connectivity index (χ4v) is 2.03. The number of amides is 1. The fourth-order valence-electron chi connectivity index (χ4n) is 1.36. The van der Waals surface area contributed by atoms with Gasteiger partial charge in [0.1, 0.15) is 5.82 Å². The molecule has 2 aromatic heterocycles. The molecule has 0 aliphatic carbocycles. The van der Waals surface area contributed by atoms with Gasteiger partial charge in [-0.3, -0.25) is 4.79 Å². The van der Waals surface area contributed by atoms with Gasteiger partial charge in [0.2, 0.25) is 0 Å². The molecule has 0 aliphatic heterocycles. The van der Waals surface area contributed by atoms with Gasteiger partial charge in [-0.1, -0.05) is 0 Å². The third-order valence-corrected chi connectivity index (χ3v) is 2.99. The highest BCUT2D eigenvalue weighted by atomic mass is 32.1. The van der Waals surface area contributed by atoms with Gasteiger partial charge in [-0.25, -0.2) is 4.98 Å². The molecule has 0 unspecified atom stereocenters. The molecule has 0 radical (unpaired) electrons. The van der Waals surface area contributed by atoms with Crippen molar-refractivity contribution < 1.29 is 4.79 Å². The lowest BCUT2D eigenvalue weighted by Gasteiger charge is -2.07. The van der Waals surface area contributed by atoms with Crippen LogP contribution >= 0.6 is 11.3 Å². The number of nitrogens with two attached hydrogens (primary N) is 2. The molecule has 0 atom stereocenters. The van der Waals surface area contributed by atoms with Gasteiger partial charge in [-0.15, -0.1) is 0 Å². The molecule has 1 amide bonds. The number of aromatic nitrogens is 1. The number of hydrogen-bond donors (Lipinski definition) is 3. The zero-order chi connectivity index (χ0) is 12.3. The number of anilines is 2. The number of pyridine rings is 1. The number of carbonyl (C=O) groups is 1. The Balaban J connectivity index is 2.11. The van der Waals surface area contributed by atoms with Gasteiger partial charge in [0, 0.05) is 6.54 Å². The van der Waals surface area contributed by atoms with Crippen LogP contribution in [0.5, 0.6) is 0 Å². The maximum atomic E-state index is 11.1. The SMILES string of the molecule is NC(=O)c1cc(NCc2ccsc2)ncc1N. The molecule has 0 fully saturated rings. The lowest BCUT2D eigenvalue weighted by Crippen LogP contribution is -2.14. The summed E-state index contributed by atoms with van der Waals surface area (Å²) in [5.74, 6) is 0.0303. The Morgan fingerprint density at radius 1 is 1.53 bits per heavy atom. The first-order chi connectivity index (χ1) is 8.16. The van der Waals surface area contributed by atoms with Crippen LogP contribution in [0.15, 0.2) is 29.1 Å². The van der Waals surface area contributed by atoms with Crippen molar-refractivity contribution >= 4 is 28.7 Å². The van der Waals surface area contributed by atoms with Crippen molar-refractivity contribution in [2.75, 3.05) is 11.1 Å². The molecule has 0 saturated heterocycles. The van der Waals surface area contributed by atoms with Crippen LogP contribution in [-0.4, -0.2) is 10.9 Å². The quantitative estimate of drug-likeness (QED) is 0.763. The summed E-state index contributed by atoms with van der Waals surface area (Å²) < 4.78 is 0. The zero-order valence-corrected chi connectivity index (χ0v) is 9.83. The predicted octanol–water partition coefficient (Wildman–Crippen LogP) is 1.44. The number of hydrogen-bond acceptors (Lipinski definition) is 5. The predicted molar refractivity (Wildman–Crippen MR) is 68.8 cm³/mol. The molecule has 0 aromatic carbocycles. The minimum atomic E-state index is -0.552. The number of rotatable bonds is 4. The molecule has 2 aromatic rings. The summed E-state index contributed by atoms with van der Waals surface area (Å²) in [5, 5.41) is 7.14. The minimum absolute atomic E-state index is 0.285. The van der Waals surface area contributed by atoms with Crippen molar-refractivity contribution in [3.05, 3.63) is 40.2 Å². The van der Waals surface area contributed by atoms with E-state index < -0.39 is 5.91 Å². The summed E-state index contributed by atoms with van der Waals surface area (Å²) in [6.07, 6.45) is 1.43. The van der Waals surface area contributed by atoms with Crippen molar-refractivity contribution in [1.29, 1.82) is 0 Å². The molecule has 5 nitrogen and oxygen atoms in total. The van der Waals surface area contributed by atoms with Crippen LogP contribution in [-0.2, 0) is 6.54 Å². The summed E-state index contributed by atoms with van der Waals surface area (Å²) in [4.78, 5) is 15.2. The van der Waals surface area contributed by atoms with Crippen LogP contribution in [0.1, 0.15) is 15.9 Å². The Morgan fingerprint density at radius 2 is 2.35 bits per heavy atom. The second-order valence-corrected chi connectivity index (χ2v) is 4.29. The first-order valence-corrected chi connectivity index (χ1v) is 5.91. The molecule has 0 saturated carbocycles. The molecule has 2 rings (SSSR count). The van der Waals surface area contributed by atoms with E-state index in [4.69, 9.17) is 11.5 Å². The average Bonchev–Trinajstić information content (AvgIpc) is 2.80. The van der Waals surface area contributed by atoms with Gasteiger partial charge in [0.05, 0.1) is 17.4 Å². The highest BCUT2D eigenvalue weighted by Crippen LogP contribution is 2.15. The van der Waals surface area contributed by atoms with Crippen LogP contribution in [0.4, 0.5) is 11.5 Å². The normalized spacial score (nSPS) is 10.1. The van der Waals surface area contributed by atoms with Crippen LogP contribution in [0.25, 0.3) is 0 Å². The second kappa shape index (κ2) is 4.84. The highest BCUT2D eigenvalue weighted by molar-refractivity contribution is 7.07. The van der Waals surface area contributed by atoms with E-state index in [9.17, 15) is 4.79 Å². The van der Waals surface area contributed by atoms with E-state index >= 15 is 0 Å². The van der Waals surface area contributed by atoms with Gasteiger partial charge >= 0.3 is 0 Å². The van der Waals surface area contributed by atoms with Crippen LogP contribution < -0.4 is 16.8 Å². The molecular weight excluding hydrogens is 236 g/mol. The molecule has 6 heteroatoms. The van der Waals surface area contributed by atoms with E-state index in [0.29, 0.717) is 18.1 Å². The molecule has 17 heavy (non-hydrogen) atoms. The first kappa shape index (κ1) is 11.4. The van der Waals surface area contributed by atoms with Crippen molar-refractivity contribution in [2.45, 2.75) is 6.54 Å². The highest BCUT2D eigenvalue weighted by Gasteiger charge is 2.07. The Labute approximate surface area is 102 Å². The topological polar surface area (TPSA) is 94.0 Å². The van der Waals surface area contributed by atoms with E-state index in [-0.39, 0.29) is 5.56 Å². The standard InChI is InChI=1S/C11H12N4OS/c12-9-5-15-10(3-8(9)11(13)16)14-4-7-1-2-17-6-7/h1-3,5-6H,4,12H2,(H2,13,16)(H,14,15). The van der Waals surface area contributed by atoms with Crippen molar-refractivity contribution in [2.24, 2.45) is 5.73 Å². The maximum absolute atomic E-state index is 11.1. The number of nitrogens with zero attached hydrogens (tertiary/aromatic N) is 1. The number of thiophene rings is 1. The maximum Gasteiger partial charge on any atom is 0.250 e. The van der Waals surface area contributed by atoms with E-state index in [2.05, 4.69) is 10.3 Å². The Kier molecular flexibility index (Phi) is 3.24.